The molecule has 2 atom stereocenters. The van der Waals surface area contributed by atoms with Crippen LogP contribution < -0.4 is 15.4 Å². The molecule has 1 aliphatic heterocycles. The first-order valence-corrected chi connectivity index (χ1v) is 14.6. The molecule has 0 saturated heterocycles. The highest BCUT2D eigenvalue weighted by molar-refractivity contribution is 7.98. The molecule has 0 aromatic heterocycles. The molecule has 0 aliphatic carbocycles. The van der Waals surface area contributed by atoms with Gasteiger partial charge in [-0.25, -0.2) is 4.79 Å². The van der Waals surface area contributed by atoms with E-state index < -0.39 is 17.1 Å². The number of nitrogen functional groups attached to an aromatic ring is 1. The van der Waals surface area contributed by atoms with Crippen molar-refractivity contribution in [3.05, 3.63) is 48.7 Å². The van der Waals surface area contributed by atoms with Crippen molar-refractivity contribution in [1.29, 1.82) is 0 Å². The van der Waals surface area contributed by atoms with Gasteiger partial charge < -0.3 is 24.7 Å². The van der Waals surface area contributed by atoms with E-state index in [-0.39, 0.29) is 5.41 Å². The minimum atomic E-state index is -1.21. The van der Waals surface area contributed by atoms with Gasteiger partial charge in [-0.15, -0.1) is 11.8 Å². The molecule has 0 saturated carbocycles. The smallest absolute Gasteiger partial charge is 0.333 e. The monoisotopic (exact) mass is 516 g/mol. The Kier molecular flexibility index (Phi) is 9.83. The molecule has 1 aliphatic rings. The maximum absolute atomic E-state index is 13.8. The van der Waals surface area contributed by atoms with Crippen LogP contribution in [0.25, 0.3) is 0 Å². The number of carbonyl (C=O) groups is 1. The Morgan fingerprint density at radius 2 is 2.00 bits per heavy atom. The molecular formula is C27H36N2O4S2. The largest absolute Gasteiger partial charge is 0.611 e. The SMILES string of the molecule is CCCCC1(CC)CN(c2ccc(N)cc2)c2cc(SC)c(O/C=C/C(=O)OCC)cc2[S+]([O-])C1. The van der Waals surface area contributed by atoms with E-state index in [1.165, 1.54) is 12.3 Å². The number of fused-ring (bicyclic) bond motifs is 1. The van der Waals surface area contributed by atoms with Crippen molar-refractivity contribution < 1.29 is 18.8 Å². The average Bonchev–Trinajstić information content (AvgIpc) is 2.97. The fourth-order valence-electron chi connectivity index (χ4n) is 4.33. The van der Waals surface area contributed by atoms with Gasteiger partial charge in [-0.1, -0.05) is 26.7 Å². The molecule has 8 heteroatoms. The highest BCUT2D eigenvalue weighted by atomic mass is 32.2. The molecule has 3 rings (SSSR count). The van der Waals surface area contributed by atoms with Gasteiger partial charge in [0, 0.05) is 29.4 Å². The van der Waals surface area contributed by atoms with E-state index in [2.05, 4.69) is 18.7 Å². The zero-order valence-corrected chi connectivity index (χ0v) is 22.7. The summed E-state index contributed by atoms with van der Waals surface area (Å²) in [5.41, 5.74) is 8.55. The maximum atomic E-state index is 13.8. The normalized spacial score (nSPS) is 19.9. The Labute approximate surface area is 216 Å². The number of hydrogen-bond acceptors (Lipinski definition) is 7. The molecule has 0 radical (unpaired) electrons. The van der Waals surface area contributed by atoms with Gasteiger partial charge in [-0.3, -0.25) is 0 Å². The summed E-state index contributed by atoms with van der Waals surface area (Å²) in [5, 5.41) is 0. The third kappa shape index (κ3) is 6.68. The lowest BCUT2D eigenvalue weighted by Crippen LogP contribution is -2.37. The summed E-state index contributed by atoms with van der Waals surface area (Å²) in [5.74, 6) is 0.702. The zero-order valence-electron chi connectivity index (χ0n) is 21.0. The number of nitrogens with two attached hydrogens (primary N) is 1. The summed E-state index contributed by atoms with van der Waals surface area (Å²) < 4.78 is 24.6. The number of thioether (sulfide) groups is 1. The lowest BCUT2D eigenvalue weighted by Gasteiger charge is -2.35. The minimum Gasteiger partial charge on any atom is -0.611 e. The first-order chi connectivity index (χ1) is 16.9. The number of rotatable bonds is 10. The van der Waals surface area contributed by atoms with Gasteiger partial charge >= 0.3 is 5.97 Å². The molecule has 2 aromatic rings. The van der Waals surface area contributed by atoms with Crippen LogP contribution >= 0.6 is 11.8 Å². The molecule has 0 spiro atoms. The number of esters is 1. The van der Waals surface area contributed by atoms with Crippen molar-refractivity contribution in [2.24, 2.45) is 5.41 Å². The third-order valence-corrected chi connectivity index (χ3v) is 8.86. The maximum Gasteiger partial charge on any atom is 0.333 e. The Balaban J connectivity index is 2.09. The molecule has 2 aromatic carbocycles. The highest BCUT2D eigenvalue weighted by Crippen LogP contribution is 2.47. The summed E-state index contributed by atoms with van der Waals surface area (Å²) in [4.78, 5) is 15.6. The van der Waals surface area contributed by atoms with Crippen molar-refractivity contribution in [1.82, 2.24) is 0 Å². The summed E-state index contributed by atoms with van der Waals surface area (Å²) in [6, 6.07) is 11.8. The van der Waals surface area contributed by atoms with Crippen molar-refractivity contribution in [3.63, 3.8) is 0 Å². The summed E-state index contributed by atoms with van der Waals surface area (Å²) in [6.07, 6.45) is 8.72. The van der Waals surface area contributed by atoms with Crippen LogP contribution in [0.5, 0.6) is 5.75 Å². The molecule has 6 nitrogen and oxygen atoms in total. The predicted octanol–water partition coefficient (Wildman–Crippen LogP) is 6.29. The van der Waals surface area contributed by atoms with E-state index in [1.807, 2.05) is 42.7 Å². The first-order valence-electron chi connectivity index (χ1n) is 12.1. The summed E-state index contributed by atoms with van der Waals surface area (Å²) in [6.45, 7) is 7.23. The standard InChI is InChI=1S/C27H36N2O4S2/c1-5-8-14-27(6-2)18-29(21-11-9-20(28)10-12-21)22-16-24(34-4)23(17-25(22)35(31)19-27)33-15-13-26(30)32-7-3/h9-13,15-17H,5-8,14,18-19,28H2,1-4H3/b15-13+. The van der Waals surface area contributed by atoms with Crippen LogP contribution in [0.4, 0.5) is 17.1 Å². The van der Waals surface area contributed by atoms with E-state index in [0.717, 1.165) is 53.4 Å². The van der Waals surface area contributed by atoms with Crippen LogP contribution in [0.3, 0.4) is 0 Å². The second-order valence-electron chi connectivity index (χ2n) is 8.77. The number of ether oxygens (including phenoxy) is 2. The lowest BCUT2D eigenvalue weighted by molar-refractivity contribution is -0.137. The zero-order chi connectivity index (χ0) is 25.4. The van der Waals surface area contributed by atoms with Crippen molar-refractivity contribution >= 4 is 46.0 Å². The van der Waals surface area contributed by atoms with Gasteiger partial charge in [0.2, 0.25) is 0 Å². The highest BCUT2D eigenvalue weighted by Gasteiger charge is 2.41. The fourth-order valence-corrected chi connectivity index (χ4v) is 6.66. The topological polar surface area (TPSA) is 87.8 Å². The molecule has 0 amide bonds. The number of carbonyl (C=O) groups excluding carboxylic acids is 1. The average molecular weight is 517 g/mol. The van der Waals surface area contributed by atoms with Gasteiger partial charge in [-0.2, -0.15) is 0 Å². The van der Waals surface area contributed by atoms with Crippen LogP contribution in [-0.4, -0.2) is 35.7 Å². The van der Waals surface area contributed by atoms with E-state index >= 15 is 0 Å². The number of hydrogen-bond donors (Lipinski definition) is 1. The van der Waals surface area contributed by atoms with Crippen LogP contribution in [0, 0.1) is 5.41 Å². The van der Waals surface area contributed by atoms with Gasteiger partial charge in [0.1, 0.15) is 11.5 Å². The quantitative estimate of drug-likeness (QED) is 0.0991. The van der Waals surface area contributed by atoms with Gasteiger partial charge in [0.25, 0.3) is 0 Å². The van der Waals surface area contributed by atoms with Crippen LogP contribution in [0.15, 0.2) is 58.5 Å². The van der Waals surface area contributed by atoms with Gasteiger partial charge in [0.15, 0.2) is 4.90 Å². The Morgan fingerprint density at radius 3 is 2.63 bits per heavy atom. The third-order valence-electron chi connectivity index (χ3n) is 6.41. The molecule has 35 heavy (non-hydrogen) atoms. The van der Waals surface area contributed by atoms with E-state index in [0.29, 0.717) is 23.8 Å². The minimum absolute atomic E-state index is 0.0777. The van der Waals surface area contributed by atoms with E-state index in [1.54, 1.807) is 18.7 Å². The fraction of sp³-hybridized carbons (Fsp3) is 0.444. The van der Waals surface area contributed by atoms with E-state index in [4.69, 9.17) is 15.2 Å². The number of anilines is 3. The van der Waals surface area contributed by atoms with Crippen molar-refractivity contribution in [3.8, 4) is 5.75 Å². The summed E-state index contributed by atoms with van der Waals surface area (Å²) >= 11 is 0.331. The van der Waals surface area contributed by atoms with Crippen LogP contribution in [0.2, 0.25) is 0 Å². The first kappa shape index (κ1) is 27.3. The van der Waals surface area contributed by atoms with Gasteiger partial charge in [-0.05, 0) is 67.5 Å². The second-order valence-corrected chi connectivity index (χ2v) is 11.0. The molecule has 190 valence electrons. The molecular weight excluding hydrogens is 480 g/mol. The molecule has 0 fully saturated rings. The number of nitrogens with zero attached hydrogens (tertiary/aromatic N) is 1. The Morgan fingerprint density at radius 1 is 1.26 bits per heavy atom. The molecule has 2 unspecified atom stereocenters. The Bertz CT molecular complexity index is 1030. The van der Waals surface area contributed by atoms with Crippen LogP contribution in [0.1, 0.15) is 46.5 Å². The summed E-state index contributed by atoms with van der Waals surface area (Å²) in [7, 11) is 0. The lowest BCUT2D eigenvalue weighted by atomic mass is 9.81. The van der Waals surface area contributed by atoms with Crippen molar-refractivity contribution in [2.75, 3.05) is 35.8 Å². The number of unbranched alkanes of at least 4 members (excludes halogenated alkanes) is 1. The van der Waals surface area contributed by atoms with Gasteiger partial charge in [0.05, 0.1) is 29.5 Å². The Hall–Kier alpha value is -2.29. The van der Waals surface area contributed by atoms with Crippen LogP contribution in [-0.2, 0) is 20.7 Å². The molecule has 2 N–H and O–H groups in total. The van der Waals surface area contributed by atoms with E-state index in [9.17, 15) is 9.35 Å². The number of benzene rings is 2. The second kappa shape index (κ2) is 12.6. The van der Waals surface area contributed by atoms with Crippen molar-refractivity contribution in [2.45, 2.75) is 56.2 Å². The molecule has 1 heterocycles. The predicted molar refractivity (Wildman–Crippen MR) is 146 cm³/mol. The molecule has 0 bridgehead atoms.